The molecule has 4 aromatic rings. The molecule has 1 atom stereocenters. The van der Waals surface area contributed by atoms with E-state index in [2.05, 4.69) is 15.3 Å². The van der Waals surface area contributed by atoms with Gasteiger partial charge in [-0.2, -0.15) is 0 Å². The van der Waals surface area contributed by atoms with Gasteiger partial charge in [-0.05, 0) is 74.4 Å². The van der Waals surface area contributed by atoms with E-state index < -0.39 is 6.04 Å². The summed E-state index contributed by atoms with van der Waals surface area (Å²) < 4.78 is 5.48. The minimum absolute atomic E-state index is 0.0695. The van der Waals surface area contributed by atoms with Gasteiger partial charge in [0.2, 0.25) is 5.91 Å². The van der Waals surface area contributed by atoms with E-state index in [1.165, 1.54) is 11.8 Å². The smallest absolute Gasteiger partial charge is 0.251 e. The van der Waals surface area contributed by atoms with Gasteiger partial charge in [0.25, 0.3) is 5.91 Å². The fourth-order valence-corrected chi connectivity index (χ4v) is 5.35. The third kappa shape index (κ3) is 8.10. The number of thioether (sulfide) groups is 1. The van der Waals surface area contributed by atoms with Crippen LogP contribution in [-0.2, 0) is 16.1 Å². The highest BCUT2D eigenvalue weighted by Gasteiger charge is 2.32. The molecule has 0 aliphatic heterocycles. The van der Waals surface area contributed by atoms with Crippen LogP contribution in [0.5, 0.6) is 5.75 Å². The summed E-state index contributed by atoms with van der Waals surface area (Å²) in [6, 6.07) is 23.8. The highest BCUT2D eigenvalue weighted by Crippen LogP contribution is 2.30. The van der Waals surface area contributed by atoms with Crippen LogP contribution in [0.1, 0.15) is 34.1 Å². The van der Waals surface area contributed by atoms with Gasteiger partial charge in [0.05, 0.1) is 12.9 Å². The Labute approximate surface area is 252 Å². The second kappa shape index (κ2) is 14.0. The molecule has 1 heterocycles. The van der Waals surface area contributed by atoms with Gasteiger partial charge in [-0.3, -0.25) is 9.59 Å². The number of anilines is 2. The van der Waals surface area contributed by atoms with Crippen molar-refractivity contribution < 1.29 is 14.3 Å². The number of amides is 2. The monoisotopic (exact) mass is 583 g/mol. The first-order chi connectivity index (χ1) is 20.1. The third-order valence-electron chi connectivity index (χ3n) is 6.70. The minimum atomic E-state index is -0.928. The molecular weight excluding hydrogens is 546 g/mol. The molecule has 1 unspecified atom stereocenters. The summed E-state index contributed by atoms with van der Waals surface area (Å²) in [6.45, 7) is 6.06. The SMILES string of the molecule is COc1cccc(C(C(=O)Nc2ccc(N(C)C)cc2)N(Cc2ccc(C)cc2)C(=O)CSc2nc(C)cc(C)n2)c1. The van der Waals surface area contributed by atoms with Gasteiger partial charge >= 0.3 is 0 Å². The number of hydrogen-bond acceptors (Lipinski definition) is 7. The molecule has 218 valence electrons. The molecule has 1 N–H and O–H groups in total. The van der Waals surface area contributed by atoms with Gasteiger partial charge in [-0.1, -0.05) is 53.7 Å². The maximum absolute atomic E-state index is 14.1. The van der Waals surface area contributed by atoms with Crippen LogP contribution in [0, 0.1) is 20.8 Å². The summed E-state index contributed by atoms with van der Waals surface area (Å²) in [5.74, 6) is 0.129. The van der Waals surface area contributed by atoms with Crippen LogP contribution < -0.4 is 15.0 Å². The molecule has 9 heteroatoms. The zero-order valence-electron chi connectivity index (χ0n) is 24.9. The highest BCUT2D eigenvalue weighted by molar-refractivity contribution is 7.99. The van der Waals surface area contributed by atoms with Crippen LogP contribution in [0.15, 0.2) is 84.0 Å². The Balaban J connectivity index is 1.71. The standard InChI is InChI=1S/C33H37N5O3S/c1-22-10-12-25(13-11-22)20-38(30(39)21-42-33-34-23(2)18-24(3)35-33)31(26-8-7-9-29(19-26)41-6)32(40)36-27-14-16-28(17-15-27)37(4)5/h7-19,31H,20-21H2,1-6H3,(H,36,40). The highest BCUT2D eigenvalue weighted by atomic mass is 32.2. The Morgan fingerprint density at radius 2 is 1.57 bits per heavy atom. The Bertz CT molecular complexity index is 1500. The van der Waals surface area contributed by atoms with Crippen molar-refractivity contribution >= 4 is 35.0 Å². The topological polar surface area (TPSA) is 87.7 Å². The molecule has 0 fully saturated rings. The molecule has 8 nitrogen and oxygen atoms in total. The molecule has 2 amide bonds. The number of aryl methyl sites for hydroxylation is 3. The number of carbonyl (C=O) groups is 2. The second-order valence-corrected chi connectivity index (χ2v) is 11.3. The summed E-state index contributed by atoms with van der Waals surface area (Å²) in [4.78, 5) is 40.7. The number of hydrogen-bond donors (Lipinski definition) is 1. The number of nitrogens with one attached hydrogen (secondary N) is 1. The van der Waals surface area contributed by atoms with Crippen molar-refractivity contribution in [1.29, 1.82) is 0 Å². The van der Waals surface area contributed by atoms with Gasteiger partial charge < -0.3 is 19.9 Å². The van der Waals surface area contributed by atoms with E-state index in [1.54, 1.807) is 18.1 Å². The van der Waals surface area contributed by atoms with Gasteiger partial charge in [0.1, 0.15) is 11.8 Å². The molecule has 3 aromatic carbocycles. The summed E-state index contributed by atoms with van der Waals surface area (Å²) in [5.41, 5.74) is 5.99. The van der Waals surface area contributed by atoms with E-state index in [4.69, 9.17) is 4.74 Å². The number of rotatable bonds is 11. The lowest BCUT2D eigenvalue weighted by molar-refractivity contribution is -0.137. The van der Waals surface area contributed by atoms with E-state index in [0.717, 1.165) is 28.2 Å². The first-order valence-electron chi connectivity index (χ1n) is 13.6. The maximum atomic E-state index is 14.1. The summed E-state index contributed by atoms with van der Waals surface area (Å²) in [7, 11) is 5.50. The zero-order chi connectivity index (χ0) is 30.2. The molecule has 1 aromatic heterocycles. The van der Waals surface area contributed by atoms with Crippen LogP contribution >= 0.6 is 11.8 Å². The van der Waals surface area contributed by atoms with Gasteiger partial charge in [-0.25, -0.2) is 9.97 Å². The minimum Gasteiger partial charge on any atom is -0.497 e. The molecule has 0 radical (unpaired) electrons. The number of nitrogens with zero attached hydrogens (tertiary/aromatic N) is 4. The zero-order valence-corrected chi connectivity index (χ0v) is 25.7. The summed E-state index contributed by atoms with van der Waals surface area (Å²) in [5, 5.41) is 3.57. The Kier molecular flexibility index (Phi) is 10.2. The first kappa shape index (κ1) is 30.6. The first-order valence-corrected chi connectivity index (χ1v) is 14.6. The number of ether oxygens (including phenoxy) is 1. The number of methoxy groups -OCH3 is 1. The molecule has 0 saturated carbocycles. The quantitative estimate of drug-likeness (QED) is 0.172. The largest absolute Gasteiger partial charge is 0.497 e. The lowest BCUT2D eigenvalue weighted by Crippen LogP contribution is -2.41. The fraction of sp³-hybridized carbons (Fsp3) is 0.273. The number of carbonyl (C=O) groups excluding carboxylic acids is 2. The number of benzene rings is 3. The van der Waals surface area contributed by atoms with Gasteiger partial charge in [-0.15, -0.1) is 0 Å². The van der Waals surface area contributed by atoms with Crippen molar-refractivity contribution in [2.24, 2.45) is 0 Å². The average molecular weight is 584 g/mol. The molecule has 0 spiro atoms. The third-order valence-corrected chi connectivity index (χ3v) is 7.53. The Hall–Kier alpha value is -4.37. The van der Waals surface area contributed by atoms with E-state index in [9.17, 15) is 9.59 Å². The van der Waals surface area contributed by atoms with Crippen molar-refractivity contribution in [2.75, 3.05) is 37.2 Å². The molecule has 4 rings (SSSR count). The van der Waals surface area contributed by atoms with Crippen molar-refractivity contribution in [3.8, 4) is 5.75 Å². The molecule has 42 heavy (non-hydrogen) atoms. The molecule has 0 bridgehead atoms. The van der Waals surface area contributed by atoms with Crippen molar-refractivity contribution in [2.45, 2.75) is 38.5 Å². The molecule has 0 aliphatic carbocycles. The molecule has 0 saturated heterocycles. The normalized spacial score (nSPS) is 11.5. The van der Waals surface area contributed by atoms with Crippen molar-refractivity contribution in [1.82, 2.24) is 14.9 Å². The van der Waals surface area contributed by atoms with Gasteiger partial charge in [0, 0.05) is 43.4 Å². The summed E-state index contributed by atoms with van der Waals surface area (Å²) in [6.07, 6.45) is 0. The van der Waals surface area contributed by atoms with Crippen LogP contribution in [0.2, 0.25) is 0 Å². The lowest BCUT2D eigenvalue weighted by Gasteiger charge is -2.32. The Morgan fingerprint density at radius 3 is 2.19 bits per heavy atom. The van der Waals surface area contributed by atoms with Crippen LogP contribution in [0.4, 0.5) is 11.4 Å². The van der Waals surface area contributed by atoms with Crippen LogP contribution in [-0.4, -0.2) is 53.6 Å². The van der Waals surface area contributed by atoms with Crippen LogP contribution in [0.3, 0.4) is 0 Å². The predicted molar refractivity (Wildman–Crippen MR) is 169 cm³/mol. The van der Waals surface area contributed by atoms with E-state index >= 15 is 0 Å². The average Bonchev–Trinajstić information content (AvgIpc) is 2.96. The van der Waals surface area contributed by atoms with E-state index in [1.807, 2.05) is 113 Å². The lowest BCUT2D eigenvalue weighted by atomic mass is 10.0. The fourth-order valence-electron chi connectivity index (χ4n) is 4.52. The second-order valence-electron chi connectivity index (χ2n) is 10.3. The predicted octanol–water partition coefficient (Wildman–Crippen LogP) is 5.98. The molecule has 0 aliphatic rings. The van der Waals surface area contributed by atoms with Gasteiger partial charge in [0.15, 0.2) is 5.16 Å². The maximum Gasteiger partial charge on any atom is 0.251 e. The van der Waals surface area contributed by atoms with E-state index in [-0.39, 0.29) is 24.1 Å². The summed E-state index contributed by atoms with van der Waals surface area (Å²) >= 11 is 1.26. The van der Waals surface area contributed by atoms with Crippen molar-refractivity contribution in [3.05, 3.63) is 107 Å². The molecular formula is C33H37N5O3S. The van der Waals surface area contributed by atoms with Crippen LogP contribution in [0.25, 0.3) is 0 Å². The van der Waals surface area contributed by atoms with E-state index in [0.29, 0.717) is 22.2 Å². The number of aromatic nitrogens is 2. The Morgan fingerprint density at radius 1 is 0.905 bits per heavy atom. The van der Waals surface area contributed by atoms with Crippen molar-refractivity contribution in [3.63, 3.8) is 0 Å².